The van der Waals surface area contributed by atoms with E-state index in [1.165, 1.54) is 0 Å². The molecule has 0 N–H and O–H groups in total. The van der Waals surface area contributed by atoms with Crippen molar-refractivity contribution in [2.75, 3.05) is 25.4 Å². The lowest BCUT2D eigenvalue weighted by molar-refractivity contribution is 0.324. The first-order valence-electron chi connectivity index (χ1n) is 6.19. The van der Waals surface area contributed by atoms with Crippen molar-refractivity contribution in [1.29, 1.82) is 5.26 Å². The summed E-state index contributed by atoms with van der Waals surface area (Å²) in [6.45, 7) is 7.70. The molecular formula is C14H19ClN2S. The summed E-state index contributed by atoms with van der Waals surface area (Å²) in [7, 11) is 0. The average molecular weight is 283 g/mol. The van der Waals surface area contributed by atoms with Crippen LogP contribution in [0.4, 0.5) is 0 Å². The van der Waals surface area contributed by atoms with Crippen LogP contribution in [0.3, 0.4) is 0 Å². The van der Waals surface area contributed by atoms with E-state index >= 15 is 0 Å². The predicted molar refractivity (Wildman–Crippen MR) is 80.1 cm³/mol. The maximum absolute atomic E-state index is 8.76. The van der Waals surface area contributed by atoms with E-state index in [2.05, 4.69) is 24.8 Å². The van der Waals surface area contributed by atoms with Crippen molar-refractivity contribution in [2.24, 2.45) is 0 Å². The second-order valence-electron chi connectivity index (χ2n) is 4.00. The second kappa shape index (κ2) is 8.42. The summed E-state index contributed by atoms with van der Waals surface area (Å²) in [6, 6.07) is 7.61. The van der Waals surface area contributed by atoms with Gasteiger partial charge in [-0.15, -0.1) is 0 Å². The van der Waals surface area contributed by atoms with Crippen LogP contribution in [-0.4, -0.2) is 30.3 Å². The van der Waals surface area contributed by atoms with E-state index in [1.54, 1.807) is 6.07 Å². The molecular weight excluding hydrogens is 264 g/mol. The smallest absolute Gasteiger partial charge is 0.0992 e. The lowest BCUT2D eigenvalue weighted by Gasteiger charge is -2.17. The first kappa shape index (κ1) is 15.4. The van der Waals surface area contributed by atoms with Gasteiger partial charge in [-0.05, 0) is 30.8 Å². The van der Waals surface area contributed by atoms with Crippen LogP contribution >= 0.6 is 23.4 Å². The van der Waals surface area contributed by atoms with E-state index in [1.807, 2.05) is 23.9 Å². The van der Waals surface area contributed by atoms with Crippen molar-refractivity contribution in [3.05, 3.63) is 34.3 Å². The summed E-state index contributed by atoms with van der Waals surface area (Å²) in [5.74, 6) is 2.02. The molecule has 0 aromatic heterocycles. The number of thioether (sulfide) groups is 1. The third-order valence-electron chi connectivity index (χ3n) is 2.89. The third kappa shape index (κ3) is 4.89. The molecule has 0 radical (unpaired) electrons. The highest BCUT2D eigenvalue weighted by Crippen LogP contribution is 2.22. The van der Waals surface area contributed by atoms with Crippen molar-refractivity contribution >= 4 is 23.4 Å². The van der Waals surface area contributed by atoms with Crippen molar-refractivity contribution < 1.29 is 0 Å². The van der Waals surface area contributed by atoms with Crippen LogP contribution in [0.1, 0.15) is 25.0 Å². The Morgan fingerprint density at radius 2 is 2.06 bits per heavy atom. The zero-order valence-electron chi connectivity index (χ0n) is 10.9. The summed E-state index contributed by atoms with van der Waals surface area (Å²) in [5.41, 5.74) is 1.73. The van der Waals surface area contributed by atoms with Crippen molar-refractivity contribution in [1.82, 2.24) is 4.90 Å². The fourth-order valence-corrected chi connectivity index (χ4v) is 2.98. The molecule has 98 valence electrons. The maximum Gasteiger partial charge on any atom is 0.0992 e. The van der Waals surface area contributed by atoms with Gasteiger partial charge in [0.1, 0.15) is 0 Å². The standard InChI is InChI=1S/C14H19ClN2S/c1-3-17(4-2)7-8-18-11-13-6-5-12(10-16)9-14(13)15/h5-6,9H,3-4,7-8,11H2,1-2H3. The highest BCUT2D eigenvalue weighted by atomic mass is 35.5. The number of nitriles is 1. The molecule has 0 heterocycles. The van der Waals surface area contributed by atoms with Gasteiger partial charge in [0.2, 0.25) is 0 Å². The maximum atomic E-state index is 8.76. The monoisotopic (exact) mass is 282 g/mol. The Labute approximate surface area is 119 Å². The van der Waals surface area contributed by atoms with Crippen molar-refractivity contribution in [3.63, 3.8) is 0 Å². The molecule has 0 saturated carbocycles. The van der Waals surface area contributed by atoms with Crippen LogP contribution in [0.2, 0.25) is 5.02 Å². The fraction of sp³-hybridized carbons (Fsp3) is 0.500. The fourth-order valence-electron chi connectivity index (χ4n) is 1.65. The van der Waals surface area contributed by atoms with Gasteiger partial charge in [0.05, 0.1) is 11.6 Å². The molecule has 4 heteroatoms. The lowest BCUT2D eigenvalue weighted by atomic mass is 10.2. The first-order chi connectivity index (χ1) is 8.71. The number of rotatable bonds is 7. The Kier molecular flexibility index (Phi) is 7.19. The SMILES string of the molecule is CCN(CC)CCSCc1ccc(C#N)cc1Cl. The zero-order chi connectivity index (χ0) is 13.4. The molecule has 0 aliphatic carbocycles. The van der Waals surface area contributed by atoms with Gasteiger partial charge in [-0.1, -0.05) is 31.5 Å². The minimum Gasteiger partial charge on any atom is -0.303 e. The molecule has 2 nitrogen and oxygen atoms in total. The second-order valence-corrected chi connectivity index (χ2v) is 5.51. The number of hydrogen-bond donors (Lipinski definition) is 0. The summed E-state index contributed by atoms with van der Waals surface area (Å²) >= 11 is 8.01. The van der Waals surface area contributed by atoms with Gasteiger partial charge in [0, 0.05) is 23.1 Å². The van der Waals surface area contributed by atoms with Crippen LogP contribution < -0.4 is 0 Å². The van der Waals surface area contributed by atoms with Gasteiger partial charge in [-0.2, -0.15) is 17.0 Å². The normalized spacial score (nSPS) is 10.6. The summed E-state index contributed by atoms with van der Waals surface area (Å²) in [4.78, 5) is 2.41. The number of hydrogen-bond acceptors (Lipinski definition) is 3. The van der Waals surface area contributed by atoms with Crippen LogP contribution in [-0.2, 0) is 5.75 Å². The van der Waals surface area contributed by atoms with Crippen molar-refractivity contribution in [2.45, 2.75) is 19.6 Å². The Balaban J connectivity index is 2.38. The molecule has 0 aliphatic rings. The quantitative estimate of drug-likeness (QED) is 0.712. The van der Waals surface area contributed by atoms with E-state index in [-0.39, 0.29) is 0 Å². The van der Waals surface area contributed by atoms with Gasteiger partial charge in [-0.25, -0.2) is 0 Å². The Hall–Kier alpha value is -0.690. The van der Waals surface area contributed by atoms with E-state index in [0.29, 0.717) is 10.6 Å². The molecule has 0 aliphatic heterocycles. The molecule has 0 saturated heterocycles. The van der Waals surface area contributed by atoms with Gasteiger partial charge in [0.25, 0.3) is 0 Å². The zero-order valence-corrected chi connectivity index (χ0v) is 12.5. The highest BCUT2D eigenvalue weighted by molar-refractivity contribution is 7.98. The molecule has 0 fully saturated rings. The van der Waals surface area contributed by atoms with Crippen LogP contribution in [0.15, 0.2) is 18.2 Å². The van der Waals surface area contributed by atoms with E-state index in [4.69, 9.17) is 16.9 Å². The predicted octanol–water partition coefficient (Wildman–Crippen LogP) is 3.79. The number of halogens is 1. The number of benzene rings is 1. The van der Waals surface area contributed by atoms with Crippen molar-refractivity contribution in [3.8, 4) is 6.07 Å². The Morgan fingerprint density at radius 1 is 1.33 bits per heavy atom. The molecule has 1 rings (SSSR count). The number of nitrogens with zero attached hydrogens (tertiary/aromatic N) is 2. The molecule has 1 aromatic carbocycles. The van der Waals surface area contributed by atoms with E-state index in [0.717, 1.165) is 36.7 Å². The van der Waals surface area contributed by atoms with Gasteiger partial charge in [-0.3, -0.25) is 0 Å². The topological polar surface area (TPSA) is 27.0 Å². The van der Waals surface area contributed by atoms with Crippen LogP contribution in [0, 0.1) is 11.3 Å². The Morgan fingerprint density at radius 3 is 2.61 bits per heavy atom. The van der Waals surface area contributed by atoms with E-state index < -0.39 is 0 Å². The molecule has 0 amide bonds. The van der Waals surface area contributed by atoms with Crippen LogP contribution in [0.25, 0.3) is 0 Å². The Bertz CT molecular complexity index is 411. The summed E-state index contributed by atoms with van der Waals surface area (Å²) in [5, 5.41) is 9.46. The third-order valence-corrected chi connectivity index (χ3v) is 4.22. The van der Waals surface area contributed by atoms with Gasteiger partial charge in [0.15, 0.2) is 0 Å². The molecule has 0 spiro atoms. The summed E-state index contributed by atoms with van der Waals surface area (Å²) < 4.78 is 0. The summed E-state index contributed by atoms with van der Waals surface area (Å²) in [6.07, 6.45) is 0. The largest absolute Gasteiger partial charge is 0.303 e. The molecule has 1 aromatic rings. The van der Waals surface area contributed by atoms with Gasteiger partial charge < -0.3 is 4.90 Å². The first-order valence-corrected chi connectivity index (χ1v) is 7.73. The highest BCUT2D eigenvalue weighted by Gasteiger charge is 2.03. The minimum absolute atomic E-state index is 0.622. The average Bonchev–Trinajstić information content (AvgIpc) is 2.40. The molecule has 18 heavy (non-hydrogen) atoms. The molecule has 0 atom stereocenters. The van der Waals surface area contributed by atoms with Crippen LogP contribution in [0.5, 0.6) is 0 Å². The van der Waals surface area contributed by atoms with E-state index in [9.17, 15) is 0 Å². The minimum atomic E-state index is 0.622. The lowest BCUT2D eigenvalue weighted by Crippen LogP contribution is -2.25. The molecule has 0 unspecified atom stereocenters. The van der Waals surface area contributed by atoms with Gasteiger partial charge >= 0.3 is 0 Å². The molecule has 0 bridgehead atoms.